The maximum atomic E-state index is 12.8. The van der Waals surface area contributed by atoms with Crippen LogP contribution in [0, 0.1) is 6.92 Å². The Morgan fingerprint density at radius 3 is 2.55 bits per heavy atom. The molecule has 1 aromatic heterocycles. The van der Waals surface area contributed by atoms with Gasteiger partial charge in [-0.15, -0.1) is 11.3 Å². The summed E-state index contributed by atoms with van der Waals surface area (Å²) in [5.41, 5.74) is 2.32. The summed E-state index contributed by atoms with van der Waals surface area (Å²) in [5, 5.41) is 3.46. The van der Waals surface area contributed by atoms with E-state index in [0.29, 0.717) is 23.1 Å². The predicted octanol–water partition coefficient (Wildman–Crippen LogP) is 4.32. The highest BCUT2D eigenvalue weighted by Gasteiger charge is 2.16. The second kappa shape index (κ2) is 9.54. The molecule has 0 bridgehead atoms. The minimum absolute atomic E-state index is 0.236. The molecule has 0 fully saturated rings. The van der Waals surface area contributed by atoms with E-state index in [-0.39, 0.29) is 5.91 Å². The number of aromatic nitrogens is 1. The highest BCUT2D eigenvalue weighted by Crippen LogP contribution is 2.32. The lowest BCUT2D eigenvalue weighted by Crippen LogP contribution is -2.20. The molecule has 0 radical (unpaired) electrons. The first-order valence-electron chi connectivity index (χ1n) is 9.27. The topological polar surface area (TPSA) is 63.7 Å². The molecule has 0 aliphatic rings. The summed E-state index contributed by atoms with van der Waals surface area (Å²) in [4.78, 5) is 20.5. The number of rotatable bonds is 8. The number of aryl methyl sites for hydroxylation is 1. The first-order chi connectivity index (χ1) is 14.0. The Balaban J connectivity index is 1.74. The van der Waals surface area contributed by atoms with Crippen molar-refractivity contribution in [2.75, 3.05) is 39.7 Å². The van der Waals surface area contributed by atoms with Crippen LogP contribution < -0.4 is 14.8 Å². The smallest absolute Gasteiger partial charge is 0.261 e. The highest BCUT2D eigenvalue weighted by molar-refractivity contribution is 7.16. The molecule has 0 saturated carbocycles. The highest BCUT2D eigenvalue weighted by atomic mass is 32.1. The van der Waals surface area contributed by atoms with Gasteiger partial charge in [0.05, 0.1) is 18.4 Å². The van der Waals surface area contributed by atoms with Crippen LogP contribution in [0.1, 0.15) is 15.2 Å². The first kappa shape index (κ1) is 20.8. The van der Waals surface area contributed by atoms with Gasteiger partial charge in [0, 0.05) is 17.0 Å². The van der Waals surface area contributed by atoms with Crippen LogP contribution in [0.25, 0.3) is 11.3 Å². The number of carbonyl (C=O) groups excluding carboxylic acids is 1. The fraction of sp³-hybridized carbons (Fsp3) is 0.273. The van der Waals surface area contributed by atoms with Crippen molar-refractivity contribution in [3.05, 3.63) is 59.0 Å². The lowest BCUT2D eigenvalue weighted by atomic mass is 10.1. The molecular weight excluding hydrogens is 386 g/mol. The molecule has 0 saturated heterocycles. The van der Waals surface area contributed by atoms with Crippen LogP contribution >= 0.6 is 11.3 Å². The van der Waals surface area contributed by atoms with Crippen molar-refractivity contribution in [1.29, 1.82) is 0 Å². The summed E-state index contributed by atoms with van der Waals surface area (Å²) < 4.78 is 11.0. The van der Waals surface area contributed by atoms with Gasteiger partial charge < -0.3 is 14.4 Å². The number of ether oxygens (including phenoxy) is 2. The van der Waals surface area contributed by atoms with Crippen LogP contribution in [0.4, 0.5) is 5.13 Å². The van der Waals surface area contributed by atoms with E-state index in [9.17, 15) is 4.79 Å². The Morgan fingerprint density at radius 1 is 1.14 bits per heavy atom. The quantitative estimate of drug-likeness (QED) is 0.598. The number of anilines is 1. The Kier molecular flexibility index (Phi) is 6.85. The van der Waals surface area contributed by atoms with E-state index in [1.165, 1.54) is 11.3 Å². The van der Waals surface area contributed by atoms with Crippen molar-refractivity contribution in [2.45, 2.75) is 6.92 Å². The van der Waals surface area contributed by atoms with Gasteiger partial charge in [0.2, 0.25) is 0 Å². The zero-order chi connectivity index (χ0) is 20.8. The van der Waals surface area contributed by atoms with Gasteiger partial charge in [0.25, 0.3) is 5.91 Å². The van der Waals surface area contributed by atoms with Gasteiger partial charge in [-0.3, -0.25) is 10.1 Å². The number of hydrogen-bond acceptors (Lipinski definition) is 6. The number of methoxy groups -OCH3 is 1. The number of likely N-dealkylation sites (N-methyl/N-ethyl adjacent to an activating group) is 1. The van der Waals surface area contributed by atoms with Gasteiger partial charge in [0.1, 0.15) is 18.1 Å². The second-order valence-electron chi connectivity index (χ2n) is 6.75. The molecule has 0 aliphatic heterocycles. The Bertz CT molecular complexity index is 968. The first-order valence-corrected chi connectivity index (χ1v) is 10.1. The van der Waals surface area contributed by atoms with Crippen LogP contribution in [-0.2, 0) is 0 Å². The molecule has 7 heteroatoms. The number of nitrogens with zero attached hydrogens (tertiary/aromatic N) is 2. The van der Waals surface area contributed by atoms with E-state index in [1.54, 1.807) is 19.2 Å². The van der Waals surface area contributed by atoms with E-state index < -0.39 is 0 Å². The summed E-state index contributed by atoms with van der Waals surface area (Å²) in [5.74, 6) is 1.12. The molecule has 6 nitrogen and oxygen atoms in total. The summed E-state index contributed by atoms with van der Waals surface area (Å²) in [6.45, 7) is 3.27. The van der Waals surface area contributed by atoms with Crippen LogP contribution in [0.3, 0.4) is 0 Å². The van der Waals surface area contributed by atoms with Crippen molar-refractivity contribution in [1.82, 2.24) is 9.88 Å². The van der Waals surface area contributed by atoms with Gasteiger partial charge in [-0.2, -0.15) is 0 Å². The number of benzene rings is 2. The lowest BCUT2D eigenvalue weighted by Gasteiger charge is -2.13. The summed E-state index contributed by atoms with van der Waals surface area (Å²) in [7, 11) is 5.60. The van der Waals surface area contributed by atoms with Crippen LogP contribution in [0.15, 0.2) is 48.5 Å². The van der Waals surface area contributed by atoms with Crippen molar-refractivity contribution in [3.8, 4) is 22.8 Å². The molecule has 3 rings (SSSR count). The molecule has 1 heterocycles. The van der Waals surface area contributed by atoms with E-state index in [2.05, 4.69) is 10.3 Å². The van der Waals surface area contributed by atoms with Crippen molar-refractivity contribution in [2.24, 2.45) is 0 Å². The fourth-order valence-corrected chi connectivity index (χ4v) is 3.58. The number of carbonyl (C=O) groups is 1. The second-order valence-corrected chi connectivity index (χ2v) is 7.96. The SMILES string of the molecule is COc1ccc(-c2nc(NC(=O)c3ccccc3OCCN(C)C)sc2C)cc1. The normalized spacial score (nSPS) is 10.8. The third kappa shape index (κ3) is 5.34. The minimum atomic E-state index is -0.236. The number of hydrogen-bond donors (Lipinski definition) is 1. The zero-order valence-electron chi connectivity index (χ0n) is 17.1. The number of nitrogens with one attached hydrogen (secondary N) is 1. The summed E-state index contributed by atoms with van der Waals surface area (Å²) in [6, 6.07) is 15.0. The van der Waals surface area contributed by atoms with Gasteiger partial charge in [0.15, 0.2) is 5.13 Å². The molecule has 152 valence electrons. The standard InChI is InChI=1S/C22H25N3O3S/c1-15-20(16-9-11-17(27-4)12-10-16)23-22(29-15)24-21(26)18-7-5-6-8-19(18)28-14-13-25(2)3/h5-12H,13-14H2,1-4H3,(H,23,24,26). The molecule has 1 N–H and O–H groups in total. The Morgan fingerprint density at radius 2 is 1.86 bits per heavy atom. The van der Waals surface area contributed by atoms with E-state index in [0.717, 1.165) is 28.4 Å². The Hall–Kier alpha value is -2.90. The maximum Gasteiger partial charge on any atom is 0.261 e. The number of thiazole rings is 1. The van der Waals surface area contributed by atoms with Crippen LogP contribution in [-0.4, -0.2) is 50.1 Å². The molecule has 2 aromatic carbocycles. The van der Waals surface area contributed by atoms with Crippen molar-refractivity contribution in [3.63, 3.8) is 0 Å². The molecule has 3 aromatic rings. The third-order valence-corrected chi connectivity index (χ3v) is 5.19. The van der Waals surface area contributed by atoms with E-state index in [1.807, 2.05) is 62.3 Å². The Labute approximate surface area is 175 Å². The zero-order valence-corrected chi connectivity index (χ0v) is 17.9. The average Bonchev–Trinajstić information content (AvgIpc) is 3.08. The number of amides is 1. The van der Waals surface area contributed by atoms with Gasteiger partial charge in [-0.05, 0) is 57.4 Å². The third-order valence-electron chi connectivity index (χ3n) is 4.31. The van der Waals surface area contributed by atoms with Gasteiger partial charge in [-0.1, -0.05) is 12.1 Å². The molecule has 1 amide bonds. The maximum absolute atomic E-state index is 12.8. The molecular formula is C22H25N3O3S. The molecule has 29 heavy (non-hydrogen) atoms. The van der Waals surface area contributed by atoms with Crippen molar-refractivity contribution < 1.29 is 14.3 Å². The monoisotopic (exact) mass is 411 g/mol. The predicted molar refractivity (Wildman–Crippen MR) is 117 cm³/mol. The largest absolute Gasteiger partial charge is 0.497 e. The minimum Gasteiger partial charge on any atom is -0.497 e. The number of para-hydroxylation sites is 1. The van der Waals surface area contributed by atoms with E-state index >= 15 is 0 Å². The molecule has 0 aliphatic carbocycles. The summed E-state index contributed by atoms with van der Waals surface area (Å²) >= 11 is 1.45. The molecule has 0 atom stereocenters. The fourth-order valence-electron chi connectivity index (χ4n) is 2.75. The van der Waals surface area contributed by atoms with Crippen LogP contribution in [0.2, 0.25) is 0 Å². The summed E-state index contributed by atoms with van der Waals surface area (Å²) in [6.07, 6.45) is 0. The average molecular weight is 412 g/mol. The van der Waals surface area contributed by atoms with Gasteiger partial charge >= 0.3 is 0 Å². The van der Waals surface area contributed by atoms with Crippen molar-refractivity contribution >= 4 is 22.4 Å². The lowest BCUT2D eigenvalue weighted by molar-refractivity contribution is 0.102. The molecule has 0 spiro atoms. The van der Waals surface area contributed by atoms with E-state index in [4.69, 9.17) is 9.47 Å². The van der Waals surface area contributed by atoms with Crippen LogP contribution in [0.5, 0.6) is 11.5 Å². The van der Waals surface area contributed by atoms with Gasteiger partial charge in [-0.25, -0.2) is 4.98 Å². The molecule has 0 unspecified atom stereocenters.